The molecule has 2 aromatic carbocycles. The first-order chi connectivity index (χ1) is 23.6. The van der Waals surface area contributed by atoms with Crippen LogP contribution >= 0.6 is 22.7 Å². The minimum absolute atomic E-state index is 0.0773. The SMILES string of the molecule is O=C(Cc1ccc(C2CCNCC2)cc1)Nc1nnc([C@H]2CCC[C@H](c3nnc(NC(=O)Cc4ccc(C5CCNCC5)cc4)s3)C2)s1. The minimum Gasteiger partial charge on any atom is -0.317 e. The maximum Gasteiger partial charge on any atom is 0.230 e. The molecule has 2 aromatic heterocycles. The molecule has 3 fully saturated rings. The van der Waals surface area contributed by atoms with Gasteiger partial charge in [0.15, 0.2) is 0 Å². The summed E-state index contributed by atoms with van der Waals surface area (Å²) < 4.78 is 0. The van der Waals surface area contributed by atoms with Gasteiger partial charge in [-0.3, -0.25) is 9.59 Å². The molecule has 48 heavy (non-hydrogen) atoms. The molecule has 2 saturated heterocycles. The Bertz CT molecular complexity index is 1540. The second-order valence-corrected chi connectivity index (χ2v) is 15.5. The summed E-state index contributed by atoms with van der Waals surface area (Å²) in [5.74, 6) is 1.56. The first-order valence-corrected chi connectivity index (χ1v) is 19.0. The molecule has 1 saturated carbocycles. The predicted octanol–water partition coefficient (Wildman–Crippen LogP) is 6.13. The van der Waals surface area contributed by atoms with Crippen LogP contribution in [0.2, 0.25) is 0 Å². The molecule has 10 nitrogen and oxygen atoms in total. The van der Waals surface area contributed by atoms with E-state index in [0.717, 1.165) is 98.7 Å². The van der Waals surface area contributed by atoms with Crippen molar-refractivity contribution in [2.24, 2.45) is 0 Å². The van der Waals surface area contributed by atoms with Gasteiger partial charge in [-0.25, -0.2) is 0 Å². The molecule has 4 aromatic rings. The van der Waals surface area contributed by atoms with Crippen LogP contribution < -0.4 is 21.3 Å². The Morgan fingerprint density at radius 3 is 1.42 bits per heavy atom. The van der Waals surface area contributed by atoms with Crippen LogP contribution in [-0.2, 0) is 22.4 Å². The highest BCUT2D eigenvalue weighted by molar-refractivity contribution is 7.15. The summed E-state index contributed by atoms with van der Waals surface area (Å²) in [6, 6.07) is 17.0. The average Bonchev–Trinajstić information content (AvgIpc) is 3.80. The van der Waals surface area contributed by atoms with Crippen molar-refractivity contribution in [2.45, 2.75) is 87.9 Å². The second-order valence-electron chi connectivity index (χ2n) is 13.4. The molecule has 2 amide bonds. The standard InChI is InChI=1S/C36H44N8O2S2/c45-31(20-23-4-8-25(9-5-23)27-12-16-37-17-13-27)39-35-43-41-33(47-35)29-2-1-3-30(22-29)34-42-44-36(48-34)40-32(46)21-24-6-10-26(11-7-24)28-14-18-38-19-15-28/h4-11,27-30,37-38H,1-3,12-22H2,(H,39,43,45)(H,40,44,46)/t29-,30-/m0/s1. The van der Waals surface area contributed by atoms with Crippen molar-refractivity contribution < 1.29 is 9.59 Å². The third-order valence-corrected chi connectivity index (χ3v) is 12.1. The Morgan fingerprint density at radius 1 is 0.583 bits per heavy atom. The number of benzene rings is 2. The smallest absolute Gasteiger partial charge is 0.230 e. The molecule has 12 heteroatoms. The predicted molar refractivity (Wildman–Crippen MR) is 191 cm³/mol. The van der Waals surface area contributed by atoms with E-state index in [0.29, 0.717) is 34.9 Å². The topological polar surface area (TPSA) is 134 Å². The van der Waals surface area contributed by atoms with Gasteiger partial charge in [-0.2, -0.15) is 0 Å². The maximum atomic E-state index is 12.8. The molecule has 4 heterocycles. The number of amides is 2. The van der Waals surface area contributed by atoms with Crippen LogP contribution in [0.1, 0.15) is 107 Å². The van der Waals surface area contributed by atoms with Gasteiger partial charge in [-0.05, 0) is 105 Å². The molecule has 2 aliphatic heterocycles. The van der Waals surface area contributed by atoms with Crippen molar-refractivity contribution in [1.29, 1.82) is 0 Å². The Labute approximate surface area is 290 Å². The number of piperidine rings is 2. The third kappa shape index (κ3) is 8.52. The lowest BCUT2D eigenvalue weighted by atomic mass is 9.82. The van der Waals surface area contributed by atoms with Gasteiger partial charge in [0, 0.05) is 11.8 Å². The fourth-order valence-corrected chi connectivity index (χ4v) is 9.18. The second kappa shape index (κ2) is 15.8. The van der Waals surface area contributed by atoms with Crippen molar-refractivity contribution in [3.8, 4) is 0 Å². The molecule has 3 aliphatic rings. The normalized spacial score (nSPS) is 20.8. The lowest BCUT2D eigenvalue weighted by Crippen LogP contribution is -2.26. The van der Waals surface area contributed by atoms with Gasteiger partial charge in [0.25, 0.3) is 0 Å². The molecule has 2 atom stereocenters. The molecule has 4 N–H and O–H groups in total. The van der Waals surface area contributed by atoms with Crippen LogP contribution in [0.5, 0.6) is 0 Å². The number of hydrogen-bond donors (Lipinski definition) is 4. The zero-order chi connectivity index (χ0) is 32.7. The number of nitrogens with zero attached hydrogens (tertiary/aromatic N) is 4. The molecule has 0 bridgehead atoms. The number of anilines is 2. The lowest BCUT2D eigenvalue weighted by molar-refractivity contribution is -0.116. The Kier molecular flexibility index (Phi) is 10.8. The summed E-state index contributed by atoms with van der Waals surface area (Å²) in [5.41, 5.74) is 4.72. The van der Waals surface area contributed by atoms with Crippen molar-refractivity contribution >= 4 is 44.8 Å². The summed E-state index contributed by atoms with van der Waals surface area (Å²) in [6.07, 6.45) is 9.29. The Morgan fingerprint density at radius 2 is 1.00 bits per heavy atom. The van der Waals surface area contributed by atoms with Crippen molar-refractivity contribution in [3.63, 3.8) is 0 Å². The summed E-state index contributed by atoms with van der Waals surface area (Å²) in [6.45, 7) is 4.27. The Hall–Kier alpha value is -3.58. The first kappa shape index (κ1) is 32.9. The quantitative estimate of drug-likeness (QED) is 0.157. The van der Waals surface area contributed by atoms with Crippen LogP contribution in [0.4, 0.5) is 10.3 Å². The number of aromatic nitrogens is 4. The molecule has 0 radical (unpaired) electrons. The first-order valence-electron chi connectivity index (χ1n) is 17.4. The molecular formula is C36H44N8O2S2. The van der Waals surface area contributed by atoms with E-state index in [1.807, 2.05) is 0 Å². The van der Waals surface area contributed by atoms with Crippen LogP contribution in [0.3, 0.4) is 0 Å². The Balaban J connectivity index is 0.880. The van der Waals surface area contributed by atoms with E-state index in [4.69, 9.17) is 0 Å². The van der Waals surface area contributed by atoms with Gasteiger partial charge >= 0.3 is 0 Å². The average molecular weight is 685 g/mol. The molecule has 0 unspecified atom stereocenters. The van der Waals surface area contributed by atoms with Gasteiger partial charge in [0.05, 0.1) is 12.8 Å². The van der Waals surface area contributed by atoms with Crippen LogP contribution in [0.15, 0.2) is 48.5 Å². The number of hydrogen-bond acceptors (Lipinski definition) is 10. The fourth-order valence-electron chi connectivity index (χ4n) is 7.36. The number of carbonyl (C=O) groups is 2. The molecule has 252 valence electrons. The van der Waals surface area contributed by atoms with E-state index in [1.54, 1.807) is 0 Å². The van der Waals surface area contributed by atoms with Gasteiger partial charge in [0.2, 0.25) is 22.1 Å². The van der Waals surface area contributed by atoms with Gasteiger partial charge in [-0.1, -0.05) is 77.6 Å². The lowest BCUT2D eigenvalue weighted by Gasteiger charge is -2.25. The summed E-state index contributed by atoms with van der Waals surface area (Å²) in [7, 11) is 0. The van der Waals surface area contributed by atoms with Crippen molar-refractivity contribution in [3.05, 3.63) is 80.8 Å². The van der Waals surface area contributed by atoms with E-state index < -0.39 is 0 Å². The molecular weight excluding hydrogens is 641 g/mol. The van der Waals surface area contributed by atoms with E-state index >= 15 is 0 Å². The van der Waals surface area contributed by atoms with Crippen molar-refractivity contribution in [1.82, 2.24) is 31.0 Å². The van der Waals surface area contributed by atoms with Gasteiger partial charge < -0.3 is 21.3 Å². The van der Waals surface area contributed by atoms with E-state index in [-0.39, 0.29) is 23.7 Å². The van der Waals surface area contributed by atoms with Crippen LogP contribution in [0.25, 0.3) is 0 Å². The molecule has 0 spiro atoms. The van der Waals surface area contributed by atoms with E-state index in [2.05, 4.69) is 90.2 Å². The van der Waals surface area contributed by atoms with E-state index in [1.165, 1.54) is 33.8 Å². The molecule has 1 aliphatic carbocycles. The van der Waals surface area contributed by atoms with Crippen molar-refractivity contribution in [2.75, 3.05) is 36.8 Å². The monoisotopic (exact) mass is 684 g/mol. The van der Waals surface area contributed by atoms with Crippen LogP contribution in [0, 0.1) is 0 Å². The maximum absolute atomic E-state index is 12.8. The summed E-state index contributed by atoms with van der Waals surface area (Å²) in [5, 5.41) is 33.3. The van der Waals surface area contributed by atoms with Gasteiger partial charge in [-0.15, -0.1) is 20.4 Å². The van der Waals surface area contributed by atoms with Gasteiger partial charge in [0.1, 0.15) is 10.0 Å². The zero-order valence-corrected chi connectivity index (χ0v) is 28.9. The van der Waals surface area contributed by atoms with Crippen LogP contribution in [-0.4, -0.2) is 58.4 Å². The zero-order valence-electron chi connectivity index (χ0n) is 27.2. The number of carbonyl (C=O) groups excluding carboxylic acids is 2. The largest absolute Gasteiger partial charge is 0.317 e. The summed E-state index contributed by atoms with van der Waals surface area (Å²) in [4.78, 5) is 25.6. The highest BCUT2D eigenvalue weighted by Gasteiger charge is 2.29. The third-order valence-electron chi connectivity index (χ3n) is 10.1. The highest BCUT2D eigenvalue weighted by Crippen LogP contribution is 2.43. The summed E-state index contributed by atoms with van der Waals surface area (Å²) >= 11 is 2.93. The number of rotatable bonds is 10. The van der Waals surface area contributed by atoms with E-state index in [9.17, 15) is 9.59 Å². The minimum atomic E-state index is -0.0773. The molecule has 7 rings (SSSR count). The fraction of sp³-hybridized carbons (Fsp3) is 0.500. The number of nitrogens with one attached hydrogen (secondary N) is 4. The highest BCUT2D eigenvalue weighted by atomic mass is 32.1.